The van der Waals surface area contributed by atoms with E-state index in [1.807, 2.05) is 24.3 Å². The van der Waals surface area contributed by atoms with Crippen molar-refractivity contribution in [2.45, 2.75) is 50.5 Å². The highest BCUT2D eigenvalue weighted by molar-refractivity contribution is 5.94. The molecule has 2 heterocycles. The Kier molecular flexibility index (Phi) is 9.64. The third kappa shape index (κ3) is 6.96. The number of halogens is 5. The molecule has 2 fully saturated rings. The van der Waals surface area contributed by atoms with Crippen molar-refractivity contribution in [2.75, 3.05) is 45.2 Å². The summed E-state index contributed by atoms with van der Waals surface area (Å²) in [6, 6.07) is 11.1. The van der Waals surface area contributed by atoms with Crippen LogP contribution in [0.5, 0.6) is 5.75 Å². The molecule has 0 aliphatic carbocycles. The highest BCUT2D eigenvalue weighted by atomic mass is 19.4. The van der Waals surface area contributed by atoms with Gasteiger partial charge in [-0.15, -0.1) is 0 Å². The fourth-order valence-corrected chi connectivity index (χ4v) is 5.88. The van der Waals surface area contributed by atoms with Crippen LogP contribution in [0.2, 0.25) is 0 Å². The normalized spacial score (nSPS) is 18.6. The molecular weight excluding hydrogens is 561 g/mol. The average molecular weight is 598 g/mol. The first-order valence-corrected chi connectivity index (χ1v) is 14.0. The predicted octanol–water partition coefficient (Wildman–Crippen LogP) is 5.29. The van der Waals surface area contributed by atoms with Crippen LogP contribution in [0, 0.1) is 11.8 Å². The van der Waals surface area contributed by atoms with Gasteiger partial charge in [-0.1, -0.05) is 12.1 Å². The fraction of sp³-hybridized carbons (Fsp3) is 0.533. The average Bonchev–Trinajstić information content (AvgIpc) is 2.96. The Balaban J connectivity index is 1.31. The number of rotatable bonds is 8. The Bertz CT molecular complexity index is 1220. The number of benzene rings is 2. The van der Waals surface area contributed by atoms with Gasteiger partial charge in [-0.3, -0.25) is 9.59 Å². The van der Waals surface area contributed by atoms with Crippen molar-refractivity contribution in [3.63, 3.8) is 0 Å². The van der Waals surface area contributed by atoms with Gasteiger partial charge >= 0.3 is 12.8 Å². The summed E-state index contributed by atoms with van der Waals surface area (Å²) in [4.78, 5) is 30.0. The molecule has 2 aliphatic heterocycles. The molecule has 2 aliphatic rings. The van der Waals surface area contributed by atoms with E-state index in [1.165, 1.54) is 4.90 Å². The van der Waals surface area contributed by atoms with Crippen LogP contribution in [-0.4, -0.2) is 79.8 Å². The van der Waals surface area contributed by atoms with Gasteiger partial charge in [-0.2, -0.15) is 22.0 Å². The van der Waals surface area contributed by atoms with Crippen LogP contribution in [0.3, 0.4) is 0 Å². The second-order valence-electron chi connectivity index (χ2n) is 11.3. The van der Waals surface area contributed by atoms with Crippen LogP contribution in [0.15, 0.2) is 48.5 Å². The minimum Gasteiger partial charge on any atom is -0.435 e. The Morgan fingerprint density at radius 3 is 2.05 bits per heavy atom. The second-order valence-corrected chi connectivity index (χ2v) is 11.3. The summed E-state index contributed by atoms with van der Waals surface area (Å²) in [5, 5.41) is 10.7. The number of anilines is 1. The number of likely N-dealkylation sites (tertiary alicyclic amines) is 1. The van der Waals surface area contributed by atoms with E-state index in [0.717, 1.165) is 61.1 Å². The zero-order valence-electron chi connectivity index (χ0n) is 23.6. The lowest BCUT2D eigenvalue weighted by Crippen LogP contribution is -2.57. The molecule has 0 saturated carbocycles. The van der Waals surface area contributed by atoms with Crippen LogP contribution in [0.1, 0.15) is 48.0 Å². The molecule has 2 aromatic rings. The van der Waals surface area contributed by atoms with E-state index in [1.54, 1.807) is 14.1 Å². The first-order chi connectivity index (χ1) is 19.8. The lowest BCUT2D eigenvalue weighted by molar-refractivity contribution is -0.262. The van der Waals surface area contributed by atoms with Crippen LogP contribution in [-0.2, 0) is 10.4 Å². The molecular formula is C30H36F5N3O4. The number of carbonyl (C=O) groups excluding carboxylic acids is 2. The Morgan fingerprint density at radius 1 is 0.952 bits per heavy atom. The molecule has 2 saturated heterocycles. The molecule has 0 aromatic heterocycles. The van der Waals surface area contributed by atoms with Crippen molar-refractivity contribution >= 4 is 17.5 Å². The van der Waals surface area contributed by atoms with Gasteiger partial charge in [0.2, 0.25) is 0 Å². The number of piperidine rings is 2. The molecule has 1 atom stereocenters. The van der Waals surface area contributed by atoms with Gasteiger partial charge in [-0.25, -0.2) is 0 Å². The van der Waals surface area contributed by atoms with E-state index in [0.29, 0.717) is 30.4 Å². The smallest absolute Gasteiger partial charge is 0.430 e. The van der Waals surface area contributed by atoms with Crippen molar-refractivity contribution in [1.29, 1.82) is 0 Å². The molecule has 0 bridgehead atoms. The van der Waals surface area contributed by atoms with Crippen molar-refractivity contribution in [3.05, 3.63) is 59.7 Å². The van der Waals surface area contributed by atoms with Crippen molar-refractivity contribution < 1.29 is 41.4 Å². The Morgan fingerprint density at radius 2 is 1.52 bits per heavy atom. The summed E-state index contributed by atoms with van der Waals surface area (Å²) in [7, 11) is 3.42. The van der Waals surface area contributed by atoms with Crippen LogP contribution < -0.4 is 9.64 Å². The molecule has 12 heteroatoms. The van der Waals surface area contributed by atoms with Crippen LogP contribution in [0.4, 0.5) is 27.6 Å². The monoisotopic (exact) mass is 597 g/mol. The Labute approximate surface area is 241 Å². The van der Waals surface area contributed by atoms with Gasteiger partial charge < -0.3 is 24.5 Å². The summed E-state index contributed by atoms with van der Waals surface area (Å²) in [6.07, 6.45) is -1.53. The van der Waals surface area contributed by atoms with Gasteiger partial charge in [0.25, 0.3) is 17.4 Å². The van der Waals surface area contributed by atoms with Gasteiger partial charge in [0, 0.05) is 57.1 Å². The van der Waals surface area contributed by atoms with Crippen molar-refractivity contribution in [2.24, 2.45) is 11.8 Å². The predicted molar refractivity (Wildman–Crippen MR) is 146 cm³/mol. The first-order valence-electron chi connectivity index (χ1n) is 14.0. The highest BCUT2D eigenvalue weighted by Crippen LogP contribution is 2.42. The molecule has 2 amide bonds. The van der Waals surface area contributed by atoms with E-state index in [2.05, 4.69) is 9.64 Å². The third-order valence-electron chi connectivity index (χ3n) is 8.27. The van der Waals surface area contributed by atoms with Gasteiger partial charge in [-0.05, 0) is 80.3 Å². The molecule has 1 N–H and O–H groups in total. The molecule has 230 valence electrons. The van der Waals surface area contributed by atoms with Gasteiger partial charge in [0.05, 0.1) is 0 Å². The van der Waals surface area contributed by atoms with Gasteiger partial charge in [0.15, 0.2) is 0 Å². The third-order valence-corrected chi connectivity index (χ3v) is 8.27. The van der Waals surface area contributed by atoms with Crippen LogP contribution >= 0.6 is 0 Å². The van der Waals surface area contributed by atoms with E-state index < -0.39 is 35.6 Å². The number of carbonyl (C=O) groups is 2. The molecule has 7 nitrogen and oxygen atoms in total. The SMILES string of the molecule is CN(C)C(=O)c1ccc(N2CCC(CC3CCN(C(=O)[C@](O)(c4cccc(OC(F)F)c4)C(F)(F)F)CC3)CC2)cc1. The van der Waals surface area contributed by atoms with E-state index in [4.69, 9.17) is 0 Å². The summed E-state index contributed by atoms with van der Waals surface area (Å²) in [6.45, 7) is -1.43. The minimum absolute atomic E-state index is 0.0512. The number of aliphatic hydroxyl groups is 1. The standard InChI is InChI=1S/C30H36F5N3O4/c1-36(2)26(39)22-6-8-24(9-7-22)37-14-10-20(11-15-37)18-21-12-16-38(17-13-21)27(40)29(41,30(33,34)35)23-4-3-5-25(19-23)42-28(31)32/h3-9,19-21,28,41H,10-18H2,1-2H3/t29-/m1/s1. The summed E-state index contributed by atoms with van der Waals surface area (Å²) >= 11 is 0. The maximum atomic E-state index is 14.1. The summed E-state index contributed by atoms with van der Waals surface area (Å²) in [5.74, 6) is -1.46. The number of alkyl halides is 5. The van der Waals surface area contributed by atoms with E-state index >= 15 is 0 Å². The Hall–Kier alpha value is -3.41. The zero-order valence-corrected chi connectivity index (χ0v) is 23.6. The molecule has 0 radical (unpaired) electrons. The minimum atomic E-state index is -5.37. The highest BCUT2D eigenvalue weighted by Gasteiger charge is 2.62. The molecule has 2 aromatic carbocycles. The van der Waals surface area contributed by atoms with Crippen molar-refractivity contribution in [1.82, 2.24) is 9.80 Å². The maximum Gasteiger partial charge on any atom is 0.430 e. The first kappa shape index (κ1) is 31.5. The molecule has 0 unspecified atom stereocenters. The summed E-state index contributed by atoms with van der Waals surface area (Å²) in [5.41, 5.74) is -3.07. The molecule has 42 heavy (non-hydrogen) atoms. The fourth-order valence-electron chi connectivity index (χ4n) is 5.88. The quantitative estimate of drug-likeness (QED) is 0.419. The maximum absolute atomic E-state index is 14.1. The van der Waals surface area contributed by atoms with E-state index in [-0.39, 0.29) is 24.9 Å². The number of hydrogen-bond donors (Lipinski definition) is 1. The van der Waals surface area contributed by atoms with Crippen molar-refractivity contribution in [3.8, 4) is 5.75 Å². The number of ether oxygens (including phenoxy) is 1. The lowest BCUT2D eigenvalue weighted by Gasteiger charge is -2.40. The summed E-state index contributed by atoms with van der Waals surface area (Å²) < 4.78 is 71.7. The largest absolute Gasteiger partial charge is 0.435 e. The zero-order chi connectivity index (χ0) is 30.7. The topological polar surface area (TPSA) is 73.3 Å². The number of hydrogen-bond acceptors (Lipinski definition) is 5. The van der Waals surface area contributed by atoms with E-state index in [9.17, 15) is 36.6 Å². The molecule has 0 spiro atoms. The number of nitrogens with zero attached hydrogens (tertiary/aromatic N) is 3. The molecule has 4 rings (SSSR count). The number of amides is 2. The lowest BCUT2D eigenvalue weighted by atomic mass is 9.82. The second kappa shape index (κ2) is 12.8. The van der Waals surface area contributed by atoms with Gasteiger partial charge in [0.1, 0.15) is 5.75 Å². The van der Waals surface area contributed by atoms with Crippen LogP contribution in [0.25, 0.3) is 0 Å².